The molecule has 4 nitrogen and oxygen atoms in total. The van der Waals surface area contributed by atoms with Gasteiger partial charge in [0.15, 0.2) is 0 Å². The zero-order chi connectivity index (χ0) is 11.0. The van der Waals surface area contributed by atoms with Crippen molar-refractivity contribution in [3.63, 3.8) is 0 Å². The topological polar surface area (TPSA) is 56.7 Å². The van der Waals surface area contributed by atoms with Gasteiger partial charge in [0.1, 0.15) is 5.82 Å². The van der Waals surface area contributed by atoms with E-state index in [0.29, 0.717) is 11.7 Å². The molecule has 0 bridgehead atoms. The van der Waals surface area contributed by atoms with Crippen LogP contribution in [0.15, 0.2) is 30.7 Å². The molecule has 1 saturated carbocycles. The SMILES string of the molecule is Nc1nn(Cc2ccncc2)cc1C1CC1. The highest BCUT2D eigenvalue weighted by Gasteiger charge is 2.27. The normalized spacial score (nSPS) is 15.2. The maximum absolute atomic E-state index is 5.89. The molecule has 1 aliphatic carbocycles. The summed E-state index contributed by atoms with van der Waals surface area (Å²) in [6.07, 6.45) is 8.18. The second-order valence-corrected chi connectivity index (χ2v) is 4.30. The monoisotopic (exact) mass is 214 g/mol. The molecule has 2 N–H and O–H groups in total. The first-order chi connectivity index (χ1) is 7.83. The summed E-state index contributed by atoms with van der Waals surface area (Å²) in [4.78, 5) is 3.99. The first kappa shape index (κ1) is 9.39. The van der Waals surface area contributed by atoms with Gasteiger partial charge in [-0.25, -0.2) is 0 Å². The van der Waals surface area contributed by atoms with Gasteiger partial charge in [0, 0.05) is 24.2 Å². The summed E-state index contributed by atoms with van der Waals surface area (Å²) in [6.45, 7) is 0.763. The average molecular weight is 214 g/mol. The molecule has 0 spiro atoms. The van der Waals surface area contributed by atoms with Crippen LogP contribution in [-0.4, -0.2) is 14.8 Å². The number of hydrogen-bond donors (Lipinski definition) is 1. The van der Waals surface area contributed by atoms with Crippen LogP contribution < -0.4 is 5.73 Å². The lowest BCUT2D eigenvalue weighted by molar-refractivity contribution is 0.688. The third kappa shape index (κ3) is 1.78. The van der Waals surface area contributed by atoms with Gasteiger partial charge in [0.2, 0.25) is 0 Å². The third-order valence-corrected chi connectivity index (χ3v) is 2.93. The number of hydrogen-bond acceptors (Lipinski definition) is 3. The van der Waals surface area contributed by atoms with Crippen LogP contribution >= 0.6 is 0 Å². The first-order valence-electron chi connectivity index (χ1n) is 5.54. The third-order valence-electron chi connectivity index (χ3n) is 2.93. The molecule has 3 rings (SSSR count). The van der Waals surface area contributed by atoms with Crippen LogP contribution in [0.2, 0.25) is 0 Å². The lowest BCUT2D eigenvalue weighted by atomic mass is 10.2. The Labute approximate surface area is 94.1 Å². The Hall–Kier alpha value is -1.84. The molecule has 1 aliphatic rings. The van der Waals surface area contributed by atoms with Crippen molar-refractivity contribution in [1.29, 1.82) is 0 Å². The van der Waals surface area contributed by atoms with Crippen molar-refractivity contribution in [2.45, 2.75) is 25.3 Å². The molecule has 2 aromatic rings. The van der Waals surface area contributed by atoms with Crippen LogP contribution in [0.25, 0.3) is 0 Å². The summed E-state index contributed by atoms with van der Waals surface area (Å²) >= 11 is 0. The van der Waals surface area contributed by atoms with E-state index < -0.39 is 0 Å². The highest BCUT2D eigenvalue weighted by Crippen LogP contribution is 2.42. The minimum atomic E-state index is 0.659. The molecule has 82 valence electrons. The molecular formula is C12H14N4. The van der Waals surface area contributed by atoms with E-state index >= 15 is 0 Å². The number of rotatable bonds is 3. The Morgan fingerprint density at radius 1 is 1.31 bits per heavy atom. The van der Waals surface area contributed by atoms with E-state index in [9.17, 15) is 0 Å². The van der Waals surface area contributed by atoms with E-state index in [0.717, 1.165) is 6.54 Å². The van der Waals surface area contributed by atoms with Gasteiger partial charge in [0.25, 0.3) is 0 Å². The second kappa shape index (κ2) is 3.63. The number of anilines is 1. The number of nitrogen functional groups attached to an aromatic ring is 1. The van der Waals surface area contributed by atoms with E-state index in [1.165, 1.54) is 24.0 Å². The summed E-state index contributed by atoms with van der Waals surface area (Å²) in [6, 6.07) is 3.99. The van der Waals surface area contributed by atoms with Crippen molar-refractivity contribution in [2.24, 2.45) is 0 Å². The molecule has 16 heavy (non-hydrogen) atoms. The molecule has 0 unspecified atom stereocenters. The van der Waals surface area contributed by atoms with E-state index in [1.807, 2.05) is 16.8 Å². The fourth-order valence-electron chi connectivity index (χ4n) is 1.92. The smallest absolute Gasteiger partial charge is 0.148 e. The molecule has 0 aliphatic heterocycles. The van der Waals surface area contributed by atoms with Crippen LogP contribution in [-0.2, 0) is 6.54 Å². The molecule has 0 aromatic carbocycles. The van der Waals surface area contributed by atoms with Gasteiger partial charge in [-0.2, -0.15) is 5.10 Å². The van der Waals surface area contributed by atoms with Crippen molar-refractivity contribution in [3.05, 3.63) is 41.9 Å². The minimum absolute atomic E-state index is 0.659. The molecule has 2 aromatic heterocycles. The van der Waals surface area contributed by atoms with Gasteiger partial charge in [0.05, 0.1) is 6.54 Å². The van der Waals surface area contributed by atoms with Gasteiger partial charge in [-0.15, -0.1) is 0 Å². The van der Waals surface area contributed by atoms with Gasteiger partial charge < -0.3 is 5.73 Å². The van der Waals surface area contributed by atoms with Crippen molar-refractivity contribution < 1.29 is 0 Å². The van der Waals surface area contributed by atoms with Crippen molar-refractivity contribution in [2.75, 3.05) is 5.73 Å². The molecule has 0 saturated heterocycles. The molecular weight excluding hydrogens is 200 g/mol. The summed E-state index contributed by atoms with van der Waals surface area (Å²) in [5.41, 5.74) is 8.30. The van der Waals surface area contributed by atoms with Gasteiger partial charge in [-0.1, -0.05) is 0 Å². The van der Waals surface area contributed by atoms with Crippen molar-refractivity contribution >= 4 is 5.82 Å². The number of pyridine rings is 1. The van der Waals surface area contributed by atoms with Crippen molar-refractivity contribution in [1.82, 2.24) is 14.8 Å². The quantitative estimate of drug-likeness (QED) is 0.847. The predicted molar refractivity (Wildman–Crippen MR) is 62.0 cm³/mol. The summed E-state index contributed by atoms with van der Waals surface area (Å²) in [5, 5.41) is 4.34. The fourth-order valence-corrected chi connectivity index (χ4v) is 1.92. The zero-order valence-corrected chi connectivity index (χ0v) is 9.00. The molecule has 4 heteroatoms. The maximum Gasteiger partial charge on any atom is 0.148 e. The van der Waals surface area contributed by atoms with Crippen LogP contribution in [0, 0.1) is 0 Å². The Morgan fingerprint density at radius 3 is 2.75 bits per heavy atom. The Kier molecular flexibility index (Phi) is 2.13. The summed E-state index contributed by atoms with van der Waals surface area (Å²) in [5.74, 6) is 1.35. The van der Waals surface area contributed by atoms with Crippen LogP contribution in [0.5, 0.6) is 0 Å². The maximum atomic E-state index is 5.89. The Morgan fingerprint density at radius 2 is 2.06 bits per heavy atom. The number of nitrogens with two attached hydrogens (primary N) is 1. The van der Waals surface area contributed by atoms with Crippen molar-refractivity contribution in [3.8, 4) is 0 Å². The molecule has 0 atom stereocenters. The minimum Gasteiger partial charge on any atom is -0.382 e. The highest BCUT2D eigenvalue weighted by molar-refractivity contribution is 5.42. The van der Waals surface area contributed by atoms with E-state index in [2.05, 4.69) is 16.3 Å². The van der Waals surface area contributed by atoms with Crippen LogP contribution in [0.3, 0.4) is 0 Å². The summed E-state index contributed by atoms with van der Waals surface area (Å²) < 4.78 is 1.92. The molecule has 1 fully saturated rings. The lowest BCUT2D eigenvalue weighted by Crippen LogP contribution is -2.00. The standard InChI is InChI=1S/C12H14N4/c13-12-11(10-1-2-10)8-16(15-12)7-9-3-5-14-6-4-9/h3-6,8,10H,1-2,7H2,(H2,13,15). The number of nitrogens with zero attached hydrogens (tertiary/aromatic N) is 3. The van der Waals surface area contributed by atoms with Gasteiger partial charge >= 0.3 is 0 Å². The average Bonchev–Trinajstić information content (AvgIpc) is 3.06. The molecule has 0 amide bonds. The Balaban J connectivity index is 1.82. The van der Waals surface area contributed by atoms with E-state index in [1.54, 1.807) is 12.4 Å². The van der Waals surface area contributed by atoms with E-state index in [4.69, 9.17) is 5.73 Å². The van der Waals surface area contributed by atoms with Gasteiger partial charge in [-0.05, 0) is 36.5 Å². The summed E-state index contributed by atoms with van der Waals surface area (Å²) in [7, 11) is 0. The number of aromatic nitrogens is 3. The predicted octanol–water partition coefficient (Wildman–Crippen LogP) is 1.79. The van der Waals surface area contributed by atoms with Gasteiger partial charge in [-0.3, -0.25) is 9.67 Å². The molecule has 0 radical (unpaired) electrons. The highest BCUT2D eigenvalue weighted by atomic mass is 15.3. The molecule has 2 heterocycles. The zero-order valence-electron chi connectivity index (χ0n) is 9.00. The largest absolute Gasteiger partial charge is 0.382 e. The van der Waals surface area contributed by atoms with E-state index in [-0.39, 0.29) is 0 Å². The Bertz CT molecular complexity index is 485. The fraction of sp³-hybridized carbons (Fsp3) is 0.333. The van der Waals surface area contributed by atoms with Crippen LogP contribution in [0.4, 0.5) is 5.82 Å². The first-order valence-corrected chi connectivity index (χ1v) is 5.54. The van der Waals surface area contributed by atoms with Crippen LogP contribution in [0.1, 0.15) is 29.9 Å². The second-order valence-electron chi connectivity index (χ2n) is 4.30. The lowest BCUT2D eigenvalue weighted by Gasteiger charge is -1.99.